The van der Waals surface area contributed by atoms with Gasteiger partial charge in [-0.05, 0) is 18.2 Å². The molecule has 2 rings (SSSR count). The standard InChI is InChI=1S/C12H12Cl2N2O3S/c13-8-2-1-7(5-9(8)14)15-12(19)16-3-4-20-6-10(16)11(17)18/h1-2,5,10H,3-4,6H2,(H,15,19)(H,17,18). The van der Waals surface area contributed by atoms with Crippen LogP contribution in [0.3, 0.4) is 0 Å². The second-order valence-electron chi connectivity index (χ2n) is 4.18. The summed E-state index contributed by atoms with van der Waals surface area (Å²) in [6.45, 7) is 0.398. The van der Waals surface area contributed by atoms with E-state index in [0.29, 0.717) is 28.0 Å². The molecule has 2 amide bonds. The van der Waals surface area contributed by atoms with Crippen LogP contribution in [0.5, 0.6) is 0 Å². The van der Waals surface area contributed by atoms with E-state index in [1.807, 2.05) is 0 Å². The molecule has 1 aromatic carbocycles. The molecule has 0 bridgehead atoms. The van der Waals surface area contributed by atoms with Crippen LogP contribution in [0.1, 0.15) is 0 Å². The van der Waals surface area contributed by atoms with E-state index in [0.717, 1.165) is 5.75 Å². The average Bonchev–Trinajstić information content (AvgIpc) is 2.43. The van der Waals surface area contributed by atoms with Crippen molar-refractivity contribution in [1.82, 2.24) is 4.90 Å². The third-order valence-corrected chi connectivity index (χ3v) is 4.61. The molecule has 108 valence electrons. The zero-order chi connectivity index (χ0) is 14.7. The highest BCUT2D eigenvalue weighted by atomic mass is 35.5. The third kappa shape index (κ3) is 3.50. The first kappa shape index (κ1) is 15.3. The second-order valence-corrected chi connectivity index (χ2v) is 6.15. The minimum absolute atomic E-state index is 0.327. The SMILES string of the molecule is O=C(O)C1CSCCN1C(=O)Nc1ccc(Cl)c(Cl)c1. The molecule has 8 heteroatoms. The number of carboxylic acid groups (broad SMARTS) is 1. The van der Waals surface area contributed by atoms with Crippen molar-refractivity contribution in [2.24, 2.45) is 0 Å². The molecular formula is C12H12Cl2N2O3S. The van der Waals surface area contributed by atoms with Gasteiger partial charge in [0.1, 0.15) is 6.04 Å². The number of carboxylic acids is 1. The van der Waals surface area contributed by atoms with Crippen molar-refractivity contribution in [2.75, 3.05) is 23.4 Å². The lowest BCUT2D eigenvalue weighted by Crippen LogP contribution is -2.51. The molecule has 0 spiro atoms. The van der Waals surface area contributed by atoms with Crippen molar-refractivity contribution in [3.8, 4) is 0 Å². The van der Waals surface area contributed by atoms with E-state index >= 15 is 0 Å². The van der Waals surface area contributed by atoms with Crippen molar-refractivity contribution < 1.29 is 14.7 Å². The number of carbonyl (C=O) groups excluding carboxylic acids is 1. The summed E-state index contributed by atoms with van der Waals surface area (Å²) in [4.78, 5) is 24.6. The number of nitrogens with zero attached hydrogens (tertiary/aromatic N) is 1. The fourth-order valence-corrected chi connectivity index (χ4v) is 3.16. The molecule has 1 saturated heterocycles. The van der Waals surface area contributed by atoms with Gasteiger partial charge in [0, 0.05) is 23.7 Å². The highest BCUT2D eigenvalue weighted by Crippen LogP contribution is 2.25. The number of amides is 2. The van der Waals surface area contributed by atoms with E-state index in [2.05, 4.69) is 5.32 Å². The quantitative estimate of drug-likeness (QED) is 0.872. The van der Waals surface area contributed by atoms with Crippen molar-refractivity contribution >= 4 is 52.7 Å². The van der Waals surface area contributed by atoms with Crippen LogP contribution in [0.4, 0.5) is 10.5 Å². The molecule has 0 aliphatic carbocycles. The molecule has 5 nitrogen and oxygen atoms in total. The van der Waals surface area contributed by atoms with Gasteiger partial charge in [0.25, 0.3) is 0 Å². The van der Waals surface area contributed by atoms with Crippen molar-refractivity contribution in [2.45, 2.75) is 6.04 Å². The molecule has 0 aromatic heterocycles. The Morgan fingerprint density at radius 3 is 2.75 bits per heavy atom. The Bertz CT molecular complexity index is 541. The largest absolute Gasteiger partial charge is 0.480 e. The maximum Gasteiger partial charge on any atom is 0.327 e. The van der Waals surface area contributed by atoms with Crippen LogP contribution in [0.15, 0.2) is 18.2 Å². The van der Waals surface area contributed by atoms with Gasteiger partial charge in [0.05, 0.1) is 10.0 Å². The fourth-order valence-electron chi connectivity index (χ4n) is 1.82. The first-order valence-electron chi connectivity index (χ1n) is 5.82. The Hall–Kier alpha value is -1.11. The van der Waals surface area contributed by atoms with E-state index < -0.39 is 18.0 Å². The van der Waals surface area contributed by atoms with Gasteiger partial charge in [0.15, 0.2) is 0 Å². The van der Waals surface area contributed by atoms with Gasteiger partial charge >= 0.3 is 12.0 Å². The zero-order valence-electron chi connectivity index (χ0n) is 10.3. The lowest BCUT2D eigenvalue weighted by molar-refractivity contribution is -0.141. The lowest BCUT2D eigenvalue weighted by atomic mass is 10.3. The molecular weight excluding hydrogens is 323 g/mol. The molecule has 1 heterocycles. The molecule has 1 aliphatic rings. The maximum atomic E-state index is 12.1. The number of benzene rings is 1. The molecule has 1 aliphatic heterocycles. The van der Waals surface area contributed by atoms with Crippen LogP contribution in [-0.4, -0.2) is 46.1 Å². The number of rotatable bonds is 2. The lowest BCUT2D eigenvalue weighted by Gasteiger charge is -2.32. The number of aliphatic carboxylic acids is 1. The number of anilines is 1. The monoisotopic (exact) mass is 334 g/mol. The van der Waals surface area contributed by atoms with Crippen LogP contribution in [0.2, 0.25) is 10.0 Å². The van der Waals surface area contributed by atoms with Gasteiger partial charge < -0.3 is 15.3 Å². The highest BCUT2D eigenvalue weighted by molar-refractivity contribution is 7.99. The van der Waals surface area contributed by atoms with E-state index in [9.17, 15) is 9.59 Å². The second kappa shape index (κ2) is 6.56. The van der Waals surface area contributed by atoms with Gasteiger partial charge in [-0.3, -0.25) is 0 Å². The van der Waals surface area contributed by atoms with Crippen molar-refractivity contribution in [3.05, 3.63) is 28.2 Å². The first-order chi connectivity index (χ1) is 9.49. The summed E-state index contributed by atoms with van der Waals surface area (Å²) in [6, 6.07) is 3.45. The normalized spacial score (nSPS) is 18.7. The smallest absolute Gasteiger partial charge is 0.327 e. The maximum absolute atomic E-state index is 12.1. The van der Waals surface area contributed by atoms with E-state index in [1.54, 1.807) is 12.1 Å². The summed E-state index contributed by atoms with van der Waals surface area (Å²) < 4.78 is 0. The molecule has 20 heavy (non-hydrogen) atoms. The van der Waals surface area contributed by atoms with Crippen LogP contribution >= 0.6 is 35.0 Å². The third-order valence-electron chi connectivity index (χ3n) is 2.85. The Kier molecular flexibility index (Phi) is 5.01. The number of carbonyl (C=O) groups is 2. The highest BCUT2D eigenvalue weighted by Gasteiger charge is 2.32. The van der Waals surface area contributed by atoms with Crippen LogP contribution in [-0.2, 0) is 4.79 Å². The molecule has 2 N–H and O–H groups in total. The molecule has 1 aromatic rings. The van der Waals surface area contributed by atoms with Crippen LogP contribution in [0, 0.1) is 0 Å². The Balaban J connectivity index is 2.09. The molecule has 1 atom stereocenters. The van der Waals surface area contributed by atoms with Gasteiger partial charge in [-0.1, -0.05) is 23.2 Å². The Morgan fingerprint density at radius 1 is 1.35 bits per heavy atom. The predicted molar refractivity (Wildman–Crippen MR) is 80.9 cm³/mol. The molecule has 1 fully saturated rings. The number of urea groups is 1. The number of halogens is 2. The van der Waals surface area contributed by atoms with E-state index in [4.69, 9.17) is 28.3 Å². The molecule has 0 radical (unpaired) electrons. The first-order valence-corrected chi connectivity index (χ1v) is 7.73. The predicted octanol–water partition coefficient (Wildman–Crippen LogP) is 3.03. The van der Waals surface area contributed by atoms with Crippen LogP contribution in [0.25, 0.3) is 0 Å². The number of hydrogen-bond acceptors (Lipinski definition) is 3. The van der Waals surface area contributed by atoms with Gasteiger partial charge in [-0.15, -0.1) is 0 Å². The zero-order valence-corrected chi connectivity index (χ0v) is 12.6. The van der Waals surface area contributed by atoms with Gasteiger partial charge in [0.2, 0.25) is 0 Å². The molecule has 0 saturated carbocycles. The van der Waals surface area contributed by atoms with E-state index in [1.165, 1.54) is 22.7 Å². The summed E-state index contributed by atoms with van der Waals surface area (Å²) in [5.41, 5.74) is 0.478. The van der Waals surface area contributed by atoms with Crippen molar-refractivity contribution in [3.63, 3.8) is 0 Å². The van der Waals surface area contributed by atoms with E-state index in [-0.39, 0.29) is 0 Å². The number of thioether (sulfide) groups is 1. The summed E-state index contributed by atoms with van der Waals surface area (Å²) in [5, 5.41) is 12.5. The van der Waals surface area contributed by atoms with Gasteiger partial charge in [-0.25, -0.2) is 9.59 Å². The average molecular weight is 335 g/mol. The summed E-state index contributed by atoms with van der Waals surface area (Å²) in [5.74, 6) is 0.115. The summed E-state index contributed by atoms with van der Waals surface area (Å²) >= 11 is 13.2. The van der Waals surface area contributed by atoms with Gasteiger partial charge in [-0.2, -0.15) is 11.8 Å². The summed E-state index contributed by atoms with van der Waals surface area (Å²) in [6.07, 6.45) is 0. The minimum Gasteiger partial charge on any atom is -0.480 e. The number of hydrogen-bond donors (Lipinski definition) is 2. The number of nitrogens with one attached hydrogen (secondary N) is 1. The fraction of sp³-hybridized carbons (Fsp3) is 0.333. The minimum atomic E-state index is -0.999. The summed E-state index contributed by atoms with van der Waals surface area (Å²) in [7, 11) is 0. The van der Waals surface area contributed by atoms with Crippen molar-refractivity contribution in [1.29, 1.82) is 0 Å². The Morgan fingerprint density at radius 2 is 2.10 bits per heavy atom. The molecule has 1 unspecified atom stereocenters. The van der Waals surface area contributed by atoms with Crippen LogP contribution < -0.4 is 5.32 Å². The topological polar surface area (TPSA) is 69.6 Å². The Labute approximate surface area is 130 Å².